The molecule has 0 saturated carbocycles. The van der Waals surface area contributed by atoms with E-state index in [1.807, 2.05) is 0 Å². The molecule has 4 heteroatoms. The van der Waals surface area contributed by atoms with Crippen LogP contribution in [0.1, 0.15) is 32.6 Å². The van der Waals surface area contributed by atoms with Crippen molar-refractivity contribution in [2.45, 2.75) is 32.6 Å². The Bertz CT molecular complexity index is 95.0. The lowest BCUT2D eigenvalue weighted by molar-refractivity contribution is 0.274. The molecule has 1 unspecified atom stereocenters. The van der Waals surface area contributed by atoms with E-state index in [4.69, 9.17) is 4.89 Å². The molecule has 0 aromatic carbocycles. The van der Waals surface area contributed by atoms with E-state index in [0.29, 0.717) is 6.61 Å². The molecule has 3 nitrogen and oxygen atoms in total. The third kappa shape index (κ3) is 8.15. The Kier molecular flexibility index (Phi) is 7.37. The highest BCUT2D eigenvalue weighted by Crippen LogP contribution is 2.15. The average molecular weight is 166 g/mol. The molecule has 10 heavy (non-hydrogen) atoms. The molecule has 0 aliphatic rings. The van der Waals surface area contributed by atoms with E-state index in [1.165, 1.54) is 12.8 Å². The second-order valence-corrected chi connectivity index (χ2v) is 3.00. The molecule has 0 aliphatic carbocycles. The quantitative estimate of drug-likeness (QED) is 0.484. The van der Waals surface area contributed by atoms with E-state index >= 15 is 0 Å². The second kappa shape index (κ2) is 7.26. The summed E-state index contributed by atoms with van der Waals surface area (Å²) < 4.78 is 14.5. The van der Waals surface area contributed by atoms with Crippen LogP contribution in [0.2, 0.25) is 0 Å². The molecule has 0 fully saturated rings. The van der Waals surface area contributed by atoms with Gasteiger partial charge < -0.3 is 9.42 Å². The van der Waals surface area contributed by atoms with Crippen LogP contribution in [-0.2, 0) is 9.09 Å². The van der Waals surface area contributed by atoms with Crippen LogP contribution in [0.3, 0.4) is 0 Å². The smallest absolute Gasteiger partial charge is 0.316 e. The maximum absolute atomic E-state index is 9.99. The molecule has 1 atom stereocenters. The van der Waals surface area contributed by atoms with E-state index in [-0.39, 0.29) is 0 Å². The number of hydrogen-bond donors (Lipinski definition) is 1. The van der Waals surface area contributed by atoms with Gasteiger partial charge in [0, 0.05) is 0 Å². The van der Waals surface area contributed by atoms with Crippen LogP contribution >= 0.6 is 8.25 Å². The molecular weight excluding hydrogens is 151 g/mol. The largest absolute Gasteiger partial charge is 0.326 e. The highest BCUT2D eigenvalue weighted by molar-refractivity contribution is 7.32. The normalized spacial score (nSPS) is 13.4. The summed E-state index contributed by atoms with van der Waals surface area (Å²) in [5.41, 5.74) is 0. The number of unbranched alkanes of at least 4 members (excludes halogenated alkanes) is 3. The Morgan fingerprint density at radius 1 is 1.40 bits per heavy atom. The van der Waals surface area contributed by atoms with Crippen molar-refractivity contribution in [3.63, 3.8) is 0 Å². The maximum Gasteiger partial charge on any atom is 0.316 e. The van der Waals surface area contributed by atoms with E-state index < -0.39 is 8.25 Å². The summed E-state index contributed by atoms with van der Waals surface area (Å²) in [6.07, 6.45) is 4.33. The minimum atomic E-state index is -2.67. The molecule has 0 radical (unpaired) electrons. The Morgan fingerprint density at radius 2 is 2.10 bits per heavy atom. The Hall–Kier alpha value is 0.150. The van der Waals surface area contributed by atoms with E-state index in [2.05, 4.69) is 11.4 Å². The van der Waals surface area contributed by atoms with Crippen molar-refractivity contribution in [1.82, 2.24) is 0 Å². The summed E-state index contributed by atoms with van der Waals surface area (Å²) in [5, 5.41) is 0. The first-order valence-electron chi connectivity index (χ1n) is 3.63. The van der Waals surface area contributed by atoms with Crippen molar-refractivity contribution in [3.8, 4) is 0 Å². The molecule has 0 aromatic rings. The minimum Gasteiger partial charge on any atom is -0.326 e. The van der Waals surface area contributed by atoms with Gasteiger partial charge in [0.25, 0.3) is 0 Å². The first kappa shape index (κ1) is 10.2. The first-order valence-corrected chi connectivity index (χ1v) is 4.89. The lowest BCUT2D eigenvalue weighted by atomic mass is 10.2. The van der Waals surface area contributed by atoms with Crippen molar-refractivity contribution in [1.29, 1.82) is 0 Å². The van der Waals surface area contributed by atoms with E-state index in [9.17, 15) is 4.57 Å². The Labute approximate surface area is 62.3 Å². The van der Waals surface area contributed by atoms with Crippen LogP contribution in [0.25, 0.3) is 0 Å². The summed E-state index contributed by atoms with van der Waals surface area (Å²) in [7, 11) is -2.67. The van der Waals surface area contributed by atoms with Crippen LogP contribution in [0.5, 0.6) is 0 Å². The zero-order valence-corrected chi connectivity index (χ0v) is 7.30. The Balaban J connectivity index is 2.84. The standard InChI is InChI=1S/C6H15O3P/c1-2-3-4-5-6-9-10(7)8/h10H,2-6H2,1H3,(H,7,8). The summed E-state index contributed by atoms with van der Waals surface area (Å²) in [4.78, 5) is 8.23. The summed E-state index contributed by atoms with van der Waals surface area (Å²) in [6, 6.07) is 0. The zero-order valence-electron chi connectivity index (χ0n) is 6.30. The molecule has 0 bridgehead atoms. The van der Waals surface area contributed by atoms with Gasteiger partial charge in [-0.05, 0) is 6.42 Å². The average Bonchev–Trinajstić information content (AvgIpc) is 1.87. The lowest BCUT2D eigenvalue weighted by Gasteiger charge is -1.97. The molecule has 0 amide bonds. The minimum absolute atomic E-state index is 0.425. The second-order valence-electron chi connectivity index (χ2n) is 2.18. The number of hydrogen-bond acceptors (Lipinski definition) is 2. The molecule has 0 aliphatic heterocycles. The van der Waals surface area contributed by atoms with Gasteiger partial charge in [0.05, 0.1) is 6.61 Å². The predicted octanol–water partition coefficient (Wildman–Crippen LogP) is 1.97. The topological polar surface area (TPSA) is 46.5 Å². The molecule has 62 valence electrons. The van der Waals surface area contributed by atoms with Crippen LogP contribution < -0.4 is 0 Å². The number of rotatable bonds is 6. The first-order chi connectivity index (χ1) is 4.77. The maximum atomic E-state index is 9.99. The third-order valence-electron chi connectivity index (χ3n) is 1.22. The SMILES string of the molecule is CCCCCCO[PH](=O)O. The molecular formula is C6H15O3P. The molecule has 1 N–H and O–H groups in total. The third-order valence-corrected chi connectivity index (χ3v) is 1.67. The monoisotopic (exact) mass is 166 g/mol. The molecule has 0 saturated heterocycles. The summed E-state index contributed by atoms with van der Waals surface area (Å²) in [5.74, 6) is 0. The van der Waals surface area contributed by atoms with Crippen molar-refractivity contribution < 1.29 is 14.0 Å². The fourth-order valence-corrected chi connectivity index (χ4v) is 1.01. The molecule has 0 heterocycles. The van der Waals surface area contributed by atoms with Gasteiger partial charge in [0.1, 0.15) is 0 Å². The van der Waals surface area contributed by atoms with Gasteiger partial charge in [0.2, 0.25) is 0 Å². The highest BCUT2D eigenvalue weighted by atomic mass is 31.1. The van der Waals surface area contributed by atoms with Crippen molar-refractivity contribution >= 4 is 8.25 Å². The van der Waals surface area contributed by atoms with E-state index in [0.717, 1.165) is 12.8 Å². The van der Waals surface area contributed by atoms with Gasteiger partial charge in [-0.15, -0.1) is 0 Å². The van der Waals surface area contributed by atoms with Gasteiger partial charge in [-0.25, -0.2) is 0 Å². The van der Waals surface area contributed by atoms with Gasteiger partial charge >= 0.3 is 8.25 Å². The molecule has 0 spiro atoms. The van der Waals surface area contributed by atoms with E-state index in [1.54, 1.807) is 0 Å². The van der Waals surface area contributed by atoms with Gasteiger partial charge in [0.15, 0.2) is 0 Å². The van der Waals surface area contributed by atoms with Gasteiger partial charge in [-0.2, -0.15) is 0 Å². The summed E-state index contributed by atoms with van der Waals surface area (Å²) >= 11 is 0. The van der Waals surface area contributed by atoms with Gasteiger partial charge in [-0.3, -0.25) is 4.57 Å². The highest BCUT2D eigenvalue weighted by Gasteiger charge is 1.91. The van der Waals surface area contributed by atoms with Gasteiger partial charge in [-0.1, -0.05) is 26.2 Å². The summed E-state index contributed by atoms with van der Waals surface area (Å²) in [6.45, 7) is 2.55. The van der Waals surface area contributed by atoms with Crippen LogP contribution in [-0.4, -0.2) is 11.5 Å². The lowest BCUT2D eigenvalue weighted by Crippen LogP contribution is -1.85. The van der Waals surface area contributed by atoms with Crippen LogP contribution in [0.15, 0.2) is 0 Å². The predicted molar refractivity (Wildman–Crippen MR) is 41.3 cm³/mol. The fraction of sp³-hybridized carbons (Fsp3) is 1.00. The van der Waals surface area contributed by atoms with Crippen molar-refractivity contribution in [2.75, 3.05) is 6.61 Å². The van der Waals surface area contributed by atoms with Crippen molar-refractivity contribution in [2.24, 2.45) is 0 Å². The Morgan fingerprint density at radius 3 is 2.60 bits per heavy atom. The molecule has 0 aromatic heterocycles. The van der Waals surface area contributed by atoms with Crippen molar-refractivity contribution in [3.05, 3.63) is 0 Å². The fourth-order valence-electron chi connectivity index (χ4n) is 0.688. The van der Waals surface area contributed by atoms with Crippen LogP contribution in [0.4, 0.5) is 0 Å². The van der Waals surface area contributed by atoms with Crippen LogP contribution in [0, 0.1) is 0 Å². The zero-order chi connectivity index (χ0) is 7.82. The molecule has 0 rings (SSSR count).